The molecule has 4 rings (SSSR count). The van der Waals surface area contributed by atoms with Gasteiger partial charge in [0.2, 0.25) is 5.95 Å². The van der Waals surface area contributed by atoms with Gasteiger partial charge in [-0.15, -0.1) is 11.3 Å². The second-order valence-electron chi connectivity index (χ2n) is 5.62. The first-order chi connectivity index (χ1) is 13.5. The summed E-state index contributed by atoms with van der Waals surface area (Å²) in [6, 6.07) is 7.44. The number of hydrogen-bond donors (Lipinski definition) is 2. The van der Waals surface area contributed by atoms with Crippen molar-refractivity contribution in [2.45, 2.75) is 0 Å². The molecule has 0 fully saturated rings. The lowest BCUT2D eigenvalue weighted by atomic mass is 10.2. The Kier molecular flexibility index (Phi) is 4.76. The summed E-state index contributed by atoms with van der Waals surface area (Å²) in [6.45, 7) is 0. The van der Waals surface area contributed by atoms with E-state index in [0.29, 0.717) is 21.9 Å². The molecule has 0 saturated carbocycles. The van der Waals surface area contributed by atoms with Crippen LogP contribution >= 0.6 is 22.9 Å². The van der Waals surface area contributed by atoms with Crippen LogP contribution in [-0.4, -0.2) is 30.6 Å². The second-order valence-corrected chi connectivity index (χ2v) is 7.11. The first-order valence-electron chi connectivity index (χ1n) is 7.92. The van der Waals surface area contributed by atoms with Gasteiger partial charge < -0.3 is 10.4 Å². The SMILES string of the molecule is O=C(O)c1ccc(-c2cnc(Nc3ccc(F)c(Cl)c3)nc2-n2ccnc2)s1. The van der Waals surface area contributed by atoms with Crippen molar-refractivity contribution in [2.24, 2.45) is 0 Å². The highest BCUT2D eigenvalue weighted by Gasteiger charge is 2.15. The Morgan fingerprint density at radius 3 is 2.82 bits per heavy atom. The van der Waals surface area contributed by atoms with E-state index in [1.54, 1.807) is 35.6 Å². The molecule has 0 bridgehead atoms. The third-order valence-corrected chi connectivity index (χ3v) is 5.17. The zero-order chi connectivity index (χ0) is 19.7. The number of benzene rings is 1. The number of imidazole rings is 1. The summed E-state index contributed by atoms with van der Waals surface area (Å²) in [5.74, 6) is -0.727. The number of carboxylic acid groups (broad SMARTS) is 1. The molecule has 140 valence electrons. The van der Waals surface area contributed by atoms with Crippen LogP contribution in [0.25, 0.3) is 16.3 Å². The summed E-state index contributed by atoms with van der Waals surface area (Å²) in [5.41, 5.74) is 1.18. The summed E-state index contributed by atoms with van der Waals surface area (Å²) >= 11 is 6.94. The molecule has 0 aliphatic heterocycles. The predicted octanol–water partition coefficient (Wildman–Crippen LogP) is 4.63. The number of anilines is 2. The molecule has 0 aliphatic rings. The van der Waals surface area contributed by atoms with Gasteiger partial charge in [-0.1, -0.05) is 11.6 Å². The van der Waals surface area contributed by atoms with Crippen LogP contribution in [0.5, 0.6) is 0 Å². The maximum absolute atomic E-state index is 13.3. The van der Waals surface area contributed by atoms with Crippen molar-refractivity contribution in [3.8, 4) is 16.3 Å². The molecule has 28 heavy (non-hydrogen) atoms. The molecule has 0 unspecified atom stereocenters. The Morgan fingerprint density at radius 2 is 2.14 bits per heavy atom. The topological polar surface area (TPSA) is 92.9 Å². The number of aromatic carboxylic acids is 1. The Bertz CT molecular complexity index is 1160. The molecule has 0 aliphatic carbocycles. The lowest BCUT2D eigenvalue weighted by molar-refractivity contribution is 0.0702. The predicted molar refractivity (Wildman–Crippen MR) is 104 cm³/mol. The van der Waals surface area contributed by atoms with Crippen LogP contribution < -0.4 is 5.32 Å². The van der Waals surface area contributed by atoms with Crippen molar-refractivity contribution in [3.05, 3.63) is 71.0 Å². The smallest absolute Gasteiger partial charge is 0.345 e. The van der Waals surface area contributed by atoms with E-state index in [1.807, 2.05) is 0 Å². The van der Waals surface area contributed by atoms with Crippen LogP contribution in [0.1, 0.15) is 9.67 Å². The van der Waals surface area contributed by atoms with Crippen molar-refractivity contribution in [3.63, 3.8) is 0 Å². The van der Waals surface area contributed by atoms with Gasteiger partial charge in [0.05, 0.1) is 10.6 Å². The largest absolute Gasteiger partial charge is 0.477 e. The van der Waals surface area contributed by atoms with Gasteiger partial charge in [0.15, 0.2) is 5.82 Å². The van der Waals surface area contributed by atoms with Crippen LogP contribution in [-0.2, 0) is 0 Å². The number of aromatic nitrogens is 4. The minimum atomic E-state index is -0.993. The first kappa shape index (κ1) is 18.1. The van der Waals surface area contributed by atoms with Crippen LogP contribution in [0.15, 0.2) is 55.2 Å². The number of carbonyl (C=O) groups is 1. The molecule has 0 spiro atoms. The van der Waals surface area contributed by atoms with Gasteiger partial charge in [0, 0.05) is 29.2 Å². The van der Waals surface area contributed by atoms with Gasteiger partial charge in [-0.05, 0) is 30.3 Å². The van der Waals surface area contributed by atoms with E-state index < -0.39 is 11.8 Å². The van der Waals surface area contributed by atoms with E-state index in [4.69, 9.17) is 16.7 Å². The maximum atomic E-state index is 13.3. The monoisotopic (exact) mass is 415 g/mol. The lowest BCUT2D eigenvalue weighted by Crippen LogP contribution is -2.04. The minimum Gasteiger partial charge on any atom is -0.477 e. The molecule has 4 aromatic rings. The van der Waals surface area contributed by atoms with Crippen LogP contribution in [0, 0.1) is 5.82 Å². The van der Waals surface area contributed by atoms with Crippen LogP contribution in [0.2, 0.25) is 5.02 Å². The van der Waals surface area contributed by atoms with Gasteiger partial charge in [0.1, 0.15) is 17.0 Å². The fourth-order valence-electron chi connectivity index (χ4n) is 2.49. The molecule has 1 aromatic carbocycles. The molecule has 2 N–H and O–H groups in total. The van der Waals surface area contributed by atoms with Crippen molar-refractivity contribution in [2.75, 3.05) is 5.32 Å². The Balaban J connectivity index is 1.75. The molecular weight excluding hydrogens is 405 g/mol. The lowest BCUT2D eigenvalue weighted by Gasteiger charge is -2.11. The highest BCUT2D eigenvalue weighted by Crippen LogP contribution is 2.32. The minimum absolute atomic E-state index is 0.0174. The summed E-state index contributed by atoms with van der Waals surface area (Å²) in [4.78, 5) is 25.0. The Labute approximate surface area is 167 Å². The Hall–Kier alpha value is -3.30. The fourth-order valence-corrected chi connectivity index (χ4v) is 3.52. The summed E-state index contributed by atoms with van der Waals surface area (Å²) in [6.07, 6.45) is 6.50. The fraction of sp³-hybridized carbons (Fsp3) is 0. The first-order valence-corrected chi connectivity index (χ1v) is 9.11. The third kappa shape index (κ3) is 3.57. The number of halogens is 2. The average Bonchev–Trinajstić information content (AvgIpc) is 3.36. The van der Waals surface area contributed by atoms with Crippen LogP contribution in [0.4, 0.5) is 16.0 Å². The molecule has 7 nitrogen and oxygen atoms in total. The zero-order valence-corrected chi connectivity index (χ0v) is 15.6. The highest BCUT2D eigenvalue weighted by molar-refractivity contribution is 7.17. The van der Waals surface area contributed by atoms with E-state index in [1.165, 1.54) is 24.3 Å². The van der Waals surface area contributed by atoms with Gasteiger partial charge in [-0.3, -0.25) is 4.57 Å². The van der Waals surface area contributed by atoms with Crippen molar-refractivity contribution >= 4 is 40.5 Å². The van der Waals surface area contributed by atoms with E-state index in [-0.39, 0.29) is 15.8 Å². The average molecular weight is 416 g/mol. The van der Waals surface area contributed by atoms with E-state index in [2.05, 4.69) is 20.3 Å². The Morgan fingerprint density at radius 1 is 1.29 bits per heavy atom. The second kappa shape index (κ2) is 7.37. The summed E-state index contributed by atoms with van der Waals surface area (Å²) in [5, 5.41) is 12.1. The molecule has 0 amide bonds. The normalized spacial score (nSPS) is 10.8. The number of rotatable bonds is 5. The van der Waals surface area contributed by atoms with Gasteiger partial charge in [-0.2, -0.15) is 4.98 Å². The summed E-state index contributed by atoms with van der Waals surface area (Å²) in [7, 11) is 0. The van der Waals surface area contributed by atoms with Crippen molar-refractivity contribution < 1.29 is 14.3 Å². The quantitative estimate of drug-likeness (QED) is 0.494. The van der Waals surface area contributed by atoms with Crippen molar-refractivity contribution in [1.29, 1.82) is 0 Å². The molecule has 10 heteroatoms. The highest BCUT2D eigenvalue weighted by atomic mass is 35.5. The maximum Gasteiger partial charge on any atom is 0.345 e. The van der Waals surface area contributed by atoms with Gasteiger partial charge >= 0.3 is 5.97 Å². The third-order valence-electron chi connectivity index (χ3n) is 3.78. The van der Waals surface area contributed by atoms with Gasteiger partial charge in [0.25, 0.3) is 0 Å². The molecule has 3 heterocycles. The number of carboxylic acids is 1. The number of nitrogens with one attached hydrogen (secondary N) is 1. The van der Waals surface area contributed by atoms with Gasteiger partial charge in [-0.25, -0.2) is 19.2 Å². The van der Waals surface area contributed by atoms with Crippen molar-refractivity contribution in [1.82, 2.24) is 19.5 Å². The standard InChI is InChI=1S/C18H11ClFN5O2S/c19-12-7-10(1-2-13(12)20)23-18-22-8-11(14-3-4-15(28-14)17(26)27)16(24-18)25-6-5-21-9-25/h1-9H,(H,26,27)(H,22,23,24). The number of nitrogens with zero attached hydrogens (tertiary/aromatic N) is 4. The van der Waals surface area contributed by atoms with Crippen LogP contribution in [0.3, 0.4) is 0 Å². The van der Waals surface area contributed by atoms with E-state index in [9.17, 15) is 9.18 Å². The van der Waals surface area contributed by atoms with E-state index in [0.717, 1.165) is 11.3 Å². The van der Waals surface area contributed by atoms with E-state index >= 15 is 0 Å². The number of hydrogen-bond acceptors (Lipinski definition) is 6. The molecule has 0 atom stereocenters. The zero-order valence-electron chi connectivity index (χ0n) is 14.0. The molecule has 3 aromatic heterocycles. The molecular formula is C18H11ClFN5O2S. The summed E-state index contributed by atoms with van der Waals surface area (Å²) < 4.78 is 15.0. The number of thiophene rings is 1. The molecule has 0 radical (unpaired) electrons. The molecule has 0 saturated heterocycles.